The zero-order chi connectivity index (χ0) is 12.6. The van der Waals surface area contributed by atoms with E-state index in [0.717, 1.165) is 12.8 Å². The molecule has 0 bridgehead atoms. The lowest BCUT2D eigenvalue weighted by Crippen LogP contribution is -2.47. The number of carbonyl (C=O) groups is 1. The van der Waals surface area contributed by atoms with Gasteiger partial charge in [-0.3, -0.25) is 4.79 Å². The monoisotopic (exact) mass is 228 g/mol. The van der Waals surface area contributed by atoms with Crippen molar-refractivity contribution in [3.63, 3.8) is 0 Å². The summed E-state index contributed by atoms with van der Waals surface area (Å²) >= 11 is 0. The number of unbranched alkanes of at least 4 members (excludes halogenated alkanes) is 2. The number of hydrogen-bond donors (Lipinski definition) is 2. The summed E-state index contributed by atoms with van der Waals surface area (Å²) in [7, 11) is 0. The van der Waals surface area contributed by atoms with Crippen LogP contribution in [0.25, 0.3) is 0 Å². The van der Waals surface area contributed by atoms with Crippen LogP contribution in [0.4, 0.5) is 0 Å². The van der Waals surface area contributed by atoms with Crippen molar-refractivity contribution in [3.8, 4) is 0 Å². The van der Waals surface area contributed by atoms with E-state index in [9.17, 15) is 4.79 Å². The van der Waals surface area contributed by atoms with E-state index >= 15 is 0 Å². The number of nitrogens with two attached hydrogens (primary N) is 1. The molecular formula is C13H28N2O. The van der Waals surface area contributed by atoms with E-state index in [1.807, 2.05) is 6.92 Å². The average Bonchev–Trinajstić information content (AvgIpc) is 2.27. The largest absolute Gasteiger partial charge is 0.352 e. The van der Waals surface area contributed by atoms with Gasteiger partial charge in [0.05, 0.1) is 6.04 Å². The molecule has 0 saturated carbocycles. The Morgan fingerprint density at radius 2 is 1.88 bits per heavy atom. The van der Waals surface area contributed by atoms with Crippen molar-refractivity contribution in [3.05, 3.63) is 0 Å². The van der Waals surface area contributed by atoms with Crippen molar-refractivity contribution in [2.24, 2.45) is 11.7 Å². The molecule has 0 heterocycles. The molecule has 3 atom stereocenters. The highest BCUT2D eigenvalue weighted by Crippen LogP contribution is 2.07. The van der Waals surface area contributed by atoms with Gasteiger partial charge in [0.15, 0.2) is 0 Å². The molecule has 0 radical (unpaired) electrons. The first-order chi connectivity index (χ1) is 7.52. The van der Waals surface area contributed by atoms with E-state index in [-0.39, 0.29) is 23.9 Å². The van der Waals surface area contributed by atoms with Gasteiger partial charge in [0.2, 0.25) is 5.91 Å². The molecular weight excluding hydrogens is 200 g/mol. The van der Waals surface area contributed by atoms with Crippen molar-refractivity contribution in [2.75, 3.05) is 0 Å². The number of nitrogens with one attached hydrogen (secondary N) is 1. The molecule has 1 amide bonds. The lowest BCUT2D eigenvalue weighted by Gasteiger charge is -2.21. The molecule has 0 aromatic carbocycles. The maximum Gasteiger partial charge on any atom is 0.237 e. The Bertz CT molecular complexity index is 194. The van der Waals surface area contributed by atoms with Crippen LogP contribution in [0.3, 0.4) is 0 Å². The van der Waals surface area contributed by atoms with E-state index in [1.165, 1.54) is 19.3 Å². The molecule has 1 unspecified atom stereocenters. The van der Waals surface area contributed by atoms with Crippen LogP contribution in [-0.2, 0) is 4.79 Å². The smallest absolute Gasteiger partial charge is 0.237 e. The first kappa shape index (κ1) is 15.4. The predicted molar refractivity (Wildman–Crippen MR) is 69.2 cm³/mol. The molecule has 96 valence electrons. The second kappa shape index (κ2) is 8.57. The Kier molecular flexibility index (Phi) is 8.26. The van der Waals surface area contributed by atoms with E-state index in [0.29, 0.717) is 0 Å². The third kappa shape index (κ3) is 6.11. The Balaban J connectivity index is 3.85. The maximum absolute atomic E-state index is 11.8. The standard InChI is InChI=1S/C13H28N2O/c1-5-7-8-9-11(4)15-13(16)12(14)10(3)6-2/h10-12H,5-9,14H2,1-4H3,(H,15,16)/t10-,11?,12-/m0/s1. The Morgan fingerprint density at radius 1 is 1.25 bits per heavy atom. The molecule has 0 spiro atoms. The SMILES string of the molecule is CCCCCC(C)NC(=O)[C@@H](N)[C@@H](C)CC. The van der Waals surface area contributed by atoms with Crippen molar-refractivity contribution in [1.82, 2.24) is 5.32 Å². The van der Waals surface area contributed by atoms with Crippen molar-refractivity contribution in [1.29, 1.82) is 0 Å². The summed E-state index contributed by atoms with van der Waals surface area (Å²) in [5.41, 5.74) is 5.86. The van der Waals surface area contributed by atoms with Crippen LogP contribution in [0.5, 0.6) is 0 Å². The van der Waals surface area contributed by atoms with Gasteiger partial charge in [-0.05, 0) is 19.3 Å². The summed E-state index contributed by atoms with van der Waals surface area (Å²) in [6, 6.07) is -0.118. The van der Waals surface area contributed by atoms with E-state index in [1.54, 1.807) is 0 Å². The van der Waals surface area contributed by atoms with Gasteiger partial charge in [0.1, 0.15) is 0 Å². The molecule has 16 heavy (non-hydrogen) atoms. The summed E-state index contributed by atoms with van der Waals surface area (Å²) < 4.78 is 0. The number of hydrogen-bond acceptors (Lipinski definition) is 2. The molecule has 0 aliphatic heterocycles. The quantitative estimate of drug-likeness (QED) is 0.627. The summed E-state index contributed by atoms with van der Waals surface area (Å²) in [4.78, 5) is 11.8. The highest BCUT2D eigenvalue weighted by atomic mass is 16.2. The fourth-order valence-corrected chi connectivity index (χ4v) is 1.62. The van der Waals surface area contributed by atoms with Gasteiger partial charge in [0.25, 0.3) is 0 Å². The number of carbonyl (C=O) groups excluding carboxylic acids is 1. The maximum atomic E-state index is 11.8. The van der Waals surface area contributed by atoms with Crippen LogP contribution in [0.15, 0.2) is 0 Å². The minimum atomic E-state index is -0.362. The number of amides is 1. The van der Waals surface area contributed by atoms with E-state index in [4.69, 9.17) is 5.73 Å². The molecule has 3 nitrogen and oxygen atoms in total. The minimum absolute atomic E-state index is 0.00153. The van der Waals surface area contributed by atoms with E-state index < -0.39 is 0 Å². The highest BCUT2D eigenvalue weighted by molar-refractivity contribution is 5.81. The molecule has 0 aromatic heterocycles. The van der Waals surface area contributed by atoms with Gasteiger partial charge >= 0.3 is 0 Å². The minimum Gasteiger partial charge on any atom is -0.352 e. The summed E-state index contributed by atoms with van der Waals surface area (Å²) in [6.07, 6.45) is 5.62. The summed E-state index contributed by atoms with van der Waals surface area (Å²) in [5, 5.41) is 2.99. The van der Waals surface area contributed by atoms with Crippen molar-refractivity contribution < 1.29 is 4.79 Å². The predicted octanol–water partition coefficient (Wildman–Crippen LogP) is 2.44. The molecule has 0 fully saturated rings. The third-order valence-corrected chi connectivity index (χ3v) is 3.19. The van der Waals surface area contributed by atoms with Gasteiger partial charge < -0.3 is 11.1 Å². The van der Waals surface area contributed by atoms with Gasteiger partial charge in [-0.2, -0.15) is 0 Å². The molecule has 3 N–H and O–H groups in total. The lowest BCUT2D eigenvalue weighted by atomic mass is 9.99. The first-order valence-corrected chi connectivity index (χ1v) is 6.58. The molecule has 0 aliphatic carbocycles. The second-order valence-electron chi connectivity index (χ2n) is 4.82. The average molecular weight is 228 g/mol. The lowest BCUT2D eigenvalue weighted by molar-refractivity contribution is -0.124. The van der Waals surface area contributed by atoms with Crippen LogP contribution >= 0.6 is 0 Å². The molecule has 3 heteroatoms. The third-order valence-electron chi connectivity index (χ3n) is 3.19. The summed E-state index contributed by atoms with van der Waals surface area (Å²) in [5.74, 6) is 0.251. The second-order valence-corrected chi connectivity index (χ2v) is 4.82. The molecule has 0 rings (SSSR count). The van der Waals surface area contributed by atoms with Crippen molar-refractivity contribution >= 4 is 5.91 Å². The summed E-state index contributed by atoms with van der Waals surface area (Å²) in [6.45, 7) is 8.31. The van der Waals surface area contributed by atoms with Gasteiger partial charge in [0, 0.05) is 6.04 Å². The van der Waals surface area contributed by atoms with E-state index in [2.05, 4.69) is 26.1 Å². The normalized spacial score (nSPS) is 16.6. The zero-order valence-corrected chi connectivity index (χ0v) is 11.3. The fraction of sp³-hybridized carbons (Fsp3) is 0.923. The molecule has 0 aliphatic rings. The van der Waals surface area contributed by atoms with Crippen molar-refractivity contribution in [2.45, 2.75) is 71.9 Å². The van der Waals surface area contributed by atoms with Crippen LogP contribution < -0.4 is 11.1 Å². The Hall–Kier alpha value is -0.570. The van der Waals surface area contributed by atoms with Crippen LogP contribution in [-0.4, -0.2) is 18.0 Å². The van der Waals surface area contributed by atoms with Gasteiger partial charge in [-0.1, -0.05) is 46.5 Å². The van der Waals surface area contributed by atoms with Crippen LogP contribution in [0, 0.1) is 5.92 Å². The molecule has 0 aromatic rings. The Labute approximate surface area is 100 Å². The van der Waals surface area contributed by atoms with Crippen LogP contribution in [0.2, 0.25) is 0 Å². The molecule has 0 saturated heterocycles. The highest BCUT2D eigenvalue weighted by Gasteiger charge is 2.20. The number of rotatable bonds is 8. The first-order valence-electron chi connectivity index (χ1n) is 6.58. The Morgan fingerprint density at radius 3 is 2.38 bits per heavy atom. The topological polar surface area (TPSA) is 55.1 Å². The van der Waals surface area contributed by atoms with Gasteiger partial charge in [-0.15, -0.1) is 0 Å². The van der Waals surface area contributed by atoms with Gasteiger partial charge in [-0.25, -0.2) is 0 Å². The zero-order valence-electron chi connectivity index (χ0n) is 11.3. The van der Waals surface area contributed by atoms with Crippen LogP contribution in [0.1, 0.15) is 59.8 Å². The fourth-order valence-electron chi connectivity index (χ4n) is 1.62.